The zero-order valence-corrected chi connectivity index (χ0v) is 12.8. The van der Waals surface area contributed by atoms with E-state index >= 15 is 0 Å². The number of nitrogens with zero attached hydrogens (tertiary/aromatic N) is 2. The molecule has 0 fully saturated rings. The van der Waals surface area contributed by atoms with Crippen molar-refractivity contribution in [3.63, 3.8) is 0 Å². The summed E-state index contributed by atoms with van der Waals surface area (Å²) in [5.74, 6) is 0. The van der Waals surface area contributed by atoms with Gasteiger partial charge in [-0.2, -0.15) is 5.10 Å². The topological polar surface area (TPSA) is 29.9 Å². The molecule has 0 atom stereocenters. The van der Waals surface area contributed by atoms with Crippen LogP contribution in [0.15, 0.2) is 4.47 Å². The van der Waals surface area contributed by atoms with Crippen molar-refractivity contribution in [1.29, 1.82) is 0 Å². The first kappa shape index (κ1) is 14.7. The Bertz CT molecular complexity index is 334. The number of aryl methyl sites for hydroxylation is 2. The van der Waals surface area contributed by atoms with Gasteiger partial charge in [-0.1, -0.05) is 13.3 Å². The van der Waals surface area contributed by atoms with Crippen molar-refractivity contribution in [2.45, 2.75) is 53.0 Å². The summed E-state index contributed by atoms with van der Waals surface area (Å²) in [6.07, 6.45) is 4.97. The highest BCUT2D eigenvalue weighted by Crippen LogP contribution is 2.20. The zero-order chi connectivity index (χ0) is 12.7. The summed E-state index contributed by atoms with van der Waals surface area (Å²) in [6.45, 7) is 9.69. The van der Waals surface area contributed by atoms with Crippen molar-refractivity contribution in [3.8, 4) is 0 Å². The minimum Gasteiger partial charge on any atom is -0.317 e. The minimum absolute atomic E-state index is 1.03. The first-order valence-electron chi connectivity index (χ1n) is 6.57. The summed E-state index contributed by atoms with van der Waals surface area (Å²) in [7, 11) is 0. The van der Waals surface area contributed by atoms with Crippen LogP contribution in [0, 0.1) is 13.8 Å². The molecule has 0 aliphatic rings. The smallest absolute Gasteiger partial charge is 0.0738 e. The molecule has 0 bridgehead atoms. The van der Waals surface area contributed by atoms with Crippen LogP contribution in [0.1, 0.15) is 44.0 Å². The van der Waals surface area contributed by atoms with Crippen LogP contribution in [0.3, 0.4) is 0 Å². The van der Waals surface area contributed by atoms with Gasteiger partial charge in [-0.05, 0) is 62.1 Å². The quantitative estimate of drug-likeness (QED) is 0.746. The van der Waals surface area contributed by atoms with E-state index in [1.165, 1.54) is 31.4 Å². The number of rotatable bonds is 8. The number of hydrogen-bond donors (Lipinski definition) is 1. The van der Waals surface area contributed by atoms with Crippen LogP contribution in [-0.2, 0) is 6.54 Å². The summed E-state index contributed by atoms with van der Waals surface area (Å²) < 4.78 is 3.26. The maximum absolute atomic E-state index is 4.51. The van der Waals surface area contributed by atoms with Gasteiger partial charge in [-0.15, -0.1) is 0 Å². The van der Waals surface area contributed by atoms with Crippen molar-refractivity contribution in [2.75, 3.05) is 13.1 Å². The van der Waals surface area contributed by atoms with E-state index in [0.717, 1.165) is 29.8 Å². The van der Waals surface area contributed by atoms with E-state index in [2.05, 4.69) is 44.9 Å². The second-order valence-electron chi connectivity index (χ2n) is 4.52. The Morgan fingerprint density at radius 2 is 1.94 bits per heavy atom. The van der Waals surface area contributed by atoms with Crippen LogP contribution in [-0.4, -0.2) is 22.9 Å². The first-order chi connectivity index (χ1) is 8.16. The lowest BCUT2D eigenvalue weighted by molar-refractivity contribution is 0.519. The molecule has 1 aromatic rings. The molecule has 0 saturated carbocycles. The molecular formula is C13H24BrN3. The summed E-state index contributed by atoms with van der Waals surface area (Å²) >= 11 is 3.56. The van der Waals surface area contributed by atoms with Crippen LogP contribution in [0.4, 0.5) is 0 Å². The van der Waals surface area contributed by atoms with Gasteiger partial charge in [-0.3, -0.25) is 4.68 Å². The monoisotopic (exact) mass is 301 g/mol. The number of unbranched alkanes of at least 4 members (excludes halogenated alkanes) is 2. The van der Waals surface area contributed by atoms with E-state index < -0.39 is 0 Å². The van der Waals surface area contributed by atoms with Crippen molar-refractivity contribution in [2.24, 2.45) is 0 Å². The molecule has 1 N–H and O–H groups in total. The van der Waals surface area contributed by atoms with Crippen molar-refractivity contribution >= 4 is 15.9 Å². The SMILES string of the molecule is CCCNCCCCCn1nc(C)c(Br)c1C. The van der Waals surface area contributed by atoms with Gasteiger partial charge in [0.1, 0.15) is 0 Å². The van der Waals surface area contributed by atoms with Gasteiger partial charge in [0.2, 0.25) is 0 Å². The average molecular weight is 302 g/mol. The predicted molar refractivity (Wildman–Crippen MR) is 76.4 cm³/mol. The van der Waals surface area contributed by atoms with Gasteiger partial charge in [0.15, 0.2) is 0 Å². The van der Waals surface area contributed by atoms with Crippen molar-refractivity contribution in [1.82, 2.24) is 15.1 Å². The zero-order valence-electron chi connectivity index (χ0n) is 11.2. The molecule has 1 rings (SSSR count). The fourth-order valence-electron chi connectivity index (χ4n) is 1.88. The lowest BCUT2D eigenvalue weighted by atomic mass is 10.2. The highest BCUT2D eigenvalue weighted by molar-refractivity contribution is 9.10. The molecule has 1 heterocycles. The van der Waals surface area contributed by atoms with Crippen LogP contribution in [0.2, 0.25) is 0 Å². The van der Waals surface area contributed by atoms with Crippen LogP contribution in [0.5, 0.6) is 0 Å². The third kappa shape index (κ3) is 4.80. The molecule has 0 aromatic carbocycles. The molecular weight excluding hydrogens is 278 g/mol. The third-order valence-electron chi connectivity index (χ3n) is 2.94. The minimum atomic E-state index is 1.03. The molecule has 0 radical (unpaired) electrons. The lowest BCUT2D eigenvalue weighted by Gasteiger charge is -2.05. The van der Waals surface area contributed by atoms with E-state index in [-0.39, 0.29) is 0 Å². The van der Waals surface area contributed by atoms with Crippen molar-refractivity contribution in [3.05, 3.63) is 15.9 Å². The van der Waals surface area contributed by atoms with E-state index in [0.29, 0.717) is 0 Å². The molecule has 0 spiro atoms. The van der Waals surface area contributed by atoms with Gasteiger partial charge in [0.05, 0.1) is 10.2 Å². The van der Waals surface area contributed by atoms with Gasteiger partial charge in [0.25, 0.3) is 0 Å². The highest BCUT2D eigenvalue weighted by Gasteiger charge is 2.07. The molecule has 98 valence electrons. The normalized spacial score (nSPS) is 11.1. The first-order valence-corrected chi connectivity index (χ1v) is 7.36. The molecule has 0 aliphatic carbocycles. The standard InChI is InChI=1S/C13H24BrN3/c1-4-8-15-9-6-5-7-10-17-12(3)13(14)11(2)16-17/h15H,4-10H2,1-3H3. The second-order valence-corrected chi connectivity index (χ2v) is 5.31. The Hall–Kier alpha value is -0.350. The molecule has 1 aromatic heterocycles. The number of aromatic nitrogens is 2. The molecule has 0 amide bonds. The van der Waals surface area contributed by atoms with Gasteiger partial charge in [-0.25, -0.2) is 0 Å². The lowest BCUT2D eigenvalue weighted by Crippen LogP contribution is -2.15. The third-order valence-corrected chi connectivity index (χ3v) is 4.09. The Morgan fingerprint density at radius 3 is 2.53 bits per heavy atom. The van der Waals surface area contributed by atoms with Crippen LogP contribution < -0.4 is 5.32 Å². The molecule has 0 saturated heterocycles. The van der Waals surface area contributed by atoms with Gasteiger partial charge in [0, 0.05) is 12.2 Å². The van der Waals surface area contributed by atoms with E-state index in [9.17, 15) is 0 Å². The summed E-state index contributed by atoms with van der Waals surface area (Å²) in [6, 6.07) is 0. The molecule has 3 nitrogen and oxygen atoms in total. The van der Waals surface area contributed by atoms with Crippen LogP contribution >= 0.6 is 15.9 Å². The Balaban J connectivity index is 2.16. The maximum atomic E-state index is 4.51. The largest absolute Gasteiger partial charge is 0.317 e. The van der Waals surface area contributed by atoms with Crippen molar-refractivity contribution < 1.29 is 0 Å². The predicted octanol–water partition coefficient (Wildman–Crippen LogP) is 3.43. The van der Waals surface area contributed by atoms with Gasteiger partial charge < -0.3 is 5.32 Å². The van der Waals surface area contributed by atoms with Gasteiger partial charge >= 0.3 is 0 Å². The molecule has 0 unspecified atom stereocenters. The second kappa shape index (κ2) is 7.88. The fourth-order valence-corrected chi connectivity index (χ4v) is 2.17. The summed E-state index contributed by atoms with van der Waals surface area (Å²) in [5, 5.41) is 7.94. The van der Waals surface area contributed by atoms with E-state index in [4.69, 9.17) is 0 Å². The number of hydrogen-bond acceptors (Lipinski definition) is 2. The molecule has 4 heteroatoms. The summed E-state index contributed by atoms with van der Waals surface area (Å²) in [5.41, 5.74) is 2.33. The van der Waals surface area contributed by atoms with Crippen LogP contribution in [0.25, 0.3) is 0 Å². The number of halogens is 1. The Morgan fingerprint density at radius 1 is 1.18 bits per heavy atom. The average Bonchev–Trinajstić information content (AvgIpc) is 2.56. The maximum Gasteiger partial charge on any atom is 0.0738 e. The fraction of sp³-hybridized carbons (Fsp3) is 0.769. The molecule has 17 heavy (non-hydrogen) atoms. The van der Waals surface area contributed by atoms with E-state index in [1.54, 1.807) is 0 Å². The highest BCUT2D eigenvalue weighted by atomic mass is 79.9. The summed E-state index contributed by atoms with van der Waals surface area (Å²) in [4.78, 5) is 0. The Labute approximate surface area is 113 Å². The van der Waals surface area contributed by atoms with E-state index in [1.807, 2.05) is 6.92 Å². The Kier molecular flexibility index (Phi) is 6.82. The molecule has 0 aliphatic heterocycles. The number of nitrogens with one attached hydrogen (secondary N) is 1.